The van der Waals surface area contributed by atoms with Gasteiger partial charge in [0.05, 0.1) is 30.4 Å². The third kappa shape index (κ3) is 8.26. The number of benzene rings is 8. The number of fused-ring (bicyclic) bond motifs is 4. The van der Waals surface area contributed by atoms with E-state index in [1.54, 1.807) is 33.4 Å². The maximum Gasteiger partial charge on any atom is 0.268 e. The SMILES string of the molecule is [2H]c1c([2H])c([2H])c(-c2cccc(-c3c([2H])c([2H])c([2H])c([2H])c3[2H])c2-[n+]2[c-]n(-c3[c-]c(Oc4[c-]c5c(cc4)c4cc(-c6ccccc6)ccc4n5-c4cc(C(C)(C)C)ccn4)ccc3)c3ccc(C(C)(C)C)cc32)c([2H])c1[2H].[Pt]. The molecule has 11 rings (SSSR count). The van der Waals surface area contributed by atoms with Gasteiger partial charge in [0.2, 0.25) is 0 Å². The van der Waals surface area contributed by atoms with E-state index in [1.165, 1.54) is 0 Å². The van der Waals surface area contributed by atoms with Gasteiger partial charge < -0.3 is 13.9 Å². The van der Waals surface area contributed by atoms with Crippen LogP contribution in [0.25, 0.3) is 83.4 Å². The fourth-order valence-corrected chi connectivity index (χ4v) is 8.66. The predicted molar refractivity (Wildman–Crippen MR) is 274 cm³/mol. The number of nitrogens with zero attached hydrogens (tertiary/aromatic N) is 4. The smallest absolute Gasteiger partial charge is 0.268 e. The van der Waals surface area contributed by atoms with Crippen LogP contribution < -0.4 is 9.30 Å². The number of rotatable bonds is 8. The molecular weight excluding hydrogens is 1010 g/mol. The summed E-state index contributed by atoms with van der Waals surface area (Å²) in [6.45, 7) is 12.7. The molecular formula is C62H50N4OPt-2. The Kier molecular flexibility index (Phi) is 8.87. The molecule has 0 spiro atoms. The Labute approximate surface area is 427 Å². The number of imidazole rings is 1. The molecule has 0 N–H and O–H groups in total. The fourth-order valence-electron chi connectivity index (χ4n) is 8.66. The Bertz CT molecular complexity index is 4090. The Morgan fingerprint density at radius 3 is 1.90 bits per heavy atom. The van der Waals surface area contributed by atoms with E-state index in [1.807, 2.05) is 72.9 Å². The first-order chi connectivity index (χ1) is 36.6. The summed E-state index contributed by atoms with van der Waals surface area (Å²) < 4.78 is 100. The molecule has 0 bridgehead atoms. The van der Waals surface area contributed by atoms with Crippen LogP contribution in [-0.4, -0.2) is 14.1 Å². The Balaban J connectivity index is 0.00000688. The van der Waals surface area contributed by atoms with Gasteiger partial charge in [0.15, 0.2) is 0 Å². The third-order valence-electron chi connectivity index (χ3n) is 12.1. The Morgan fingerprint density at radius 1 is 0.559 bits per heavy atom. The molecule has 0 aliphatic rings. The van der Waals surface area contributed by atoms with Crippen molar-refractivity contribution in [2.45, 2.75) is 52.4 Å². The summed E-state index contributed by atoms with van der Waals surface area (Å²) in [7, 11) is 0. The number of ether oxygens (including phenoxy) is 1. The molecule has 5 nitrogen and oxygen atoms in total. The van der Waals surface area contributed by atoms with Crippen LogP contribution >= 0.6 is 0 Å². The molecule has 11 aromatic rings. The van der Waals surface area contributed by atoms with Crippen LogP contribution in [0.15, 0.2) is 194 Å². The first-order valence-electron chi connectivity index (χ1n) is 27.1. The predicted octanol–water partition coefficient (Wildman–Crippen LogP) is 15.2. The van der Waals surface area contributed by atoms with E-state index < -0.39 is 60.4 Å². The van der Waals surface area contributed by atoms with Gasteiger partial charge in [-0.15, -0.1) is 29.7 Å². The zero-order chi connectivity index (χ0) is 54.6. The Morgan fingerprint density at radius 2 is 1.21 bits per heavy atom. The van der Waals surface area contributed by atoms with Crippen LogP contribution in [0, 0.1) is 18.5 Å². The first kappa shape index (κ1) is 34.0. The van der Waals surface area contributed by atoms with Crippen LogP contribution in [-0.2, 0) is 31.9 Å². The molecule has 8 aromatic carbocycles. The van der Waals surface area contributed by atoms with Crippen LogP contribution in [0.4, 0.5) is 0 Å². The molecule has 3 aromatic heterocycles. The molecule has 0 saturated heterocycles. The fraction of sp³-hybridized carbons (Fsp3) is 0.129. The number of para-hydroxylation sites is 1. The van der Waals surface area contributed by atoms with E-state index in [9.17, 15) is 0 Å². The minimum absolute atomic E-state index is 0. The van der Waals surface area contributed by atoms with Crippen LogP contribution in [0.3, 0.4) is 0 Å². The van der Waals surface area contributed by atoms with Crippen molar-refractivity contribution in [2.75, 3.05) is 0 Å². The normalized spacial score (nSPS) is 13.9. The Hall–Kier alpha value is -7.33. The molecule has 0 saturated carbocycles. The van der Waals surface area contributed by atoms with Gasteiger partial charge in [-0.25, -0.2) is 4.98 Å². The summed E-state index contributed by atoms with van der Waals surface area (Å²) >= 11 is 0. The van der Waals surface area contributed by atoms with E-state index >= 15 is 0 Å². The minimum Gasteiger partial charge on any atom is -0.510 e. The van der Waals surface area contributed by atoms with Crippen LogP contribution in [0.1, 0.15) is 66.4 Å². The second kappa shape index (κ2) is 17.7. The van der Waals surface area contributed by atoms with E-state index in [0.29, 0.717) is 28.2 Å². The molecule has 0 aliphatic heterocycles. The van der Waals surface area contributed by atoms with Crippen molar-refractivity contribution in [3.8, 4) is 62.1 Å². The molecule has 6 heteroatoms. The van der Waals surface area contributed by atoms with Crippen molar-refractivity contribution in [3.05, 3.63) is 224 Å². The summed E-state index contributed by atoms with van der Waals surface area (Å²) in [5.41, 5.74) is 7.31. The van der Waals surface area contributed by atoms with Crippen LogP contribution in [0.2, 0.25) is 0 Å². The van der Waals surface area contributed by atoms with Crippen LogP contribution in [0.5, 0.6) is 11.5 Å². The van der Waals surface area contributed by atoms with Gasteiger partial charge in [0.1, 0.15) is 5.82 Å². The third-order valence-corrected chi connectivity index (χ3v) is 12.1. The van der Waals surface area contributed by atoms with Crippen molar-refractivity contribution in [1.82, 2.24) is 14.1 Å². The van der Waals surface area contributed by atoms with E-state index in [4.69, 9.17) is 23.4 Å². The second-order valence-corrected chi connectivity index (χ2v) is 18.6. The largest absolute Gasteiger partial charge is 0.510 e. The average Bonchev–Trinajstić information content (AvgIpc) is 4.10. The maximum absolute atomic E-state index is 9.14. The van der Waals surface area contributed by atoms with E-state index in [0.717, 1.165) is 49.9 Å². The van der Waals surface area contributed by atoms with Gasteiger partial charge in [-0.05, 0) is 90.7 Å². The zero-order valence-electron chi connectivity index (χ0n) is 48.2. The average molecular weight is 1070 g/mol. The topological polar surface area (TPSA) is 35.9 Å². The number of aromatic nitrogens is 4. The van der Waals surface area contributed by atoms with Gasteiger partial charge in [-0.3, -0.25) is 4.57 Å². The first-order valence-corrected chi connectivity index (χ1v) is 22.1. The van der Waals surface area contributed by atoms with Crippen molar-refractivity contribution in [3.63, 3.8) is 0 Å². The van der Waals surface area contributed by atoms with E-state index in [2.05, 4.69) is 101 Å². The summed E-state index contributed by atoms with van der Waals surface area (Å²) in [5, 5.41) is 1.99. The number of hydrogen-bond donors (Lipinski definition) is 0. The molecule has 3 heterocycles. The zero-order valence-corrected chi connectivity index (χ0v) is 40.5. The second-order valence-electron chi connectivity index (χ2n) is 18.6. The van der Waals surface area contributed by atoms with Crippen molar-refractivity contribution in [2.24, 2.45) is 0 Å². The molecule has 0 fully saturated rings. The monoisotopic (exact) mass is 1070 g/mol. The van der Waals surface area contributed by atoms with Gasteiger partial charge in [0, 0.05) is 44.3 Å². The molecule has 68 heavy (non-hydrogen) atoms. The quantitative estimate of drug-likeness (QED) is 0.112. The molecule has 336 valence electrons. The standard InChI is InChI=1S/C62H50N4O.Pt/c1-61(2,3)46-29-33-56-58(37-46)65(60-51(43-20-12-8-13-21-43)26-17-27-52(60)44-22-14-9-15-23-44)41-64(56)48-24-16-25-49(39-48)67-50-30-31-53-54-36-45(42-18-10-7-11-19-42)28-32-55(54)66(57(53)40-50)59-38-47(34-35-63-59)62(4,5)6;/h7-38H,1-6H3;/q-2;/i8D,9D,12D,13D,14D,15D,20D,21D,22D,23D;. The molecule has 0 radical (unpaired) electrons. The van der Waals surface area contributed by atoms with Crippen molar-refractivity contribution >= 4 is 32.8 Å². The van der Waals surface area contributed by atoms with Crippen molar-refractivity contribution < 1.29 is 44.1 Å². The summed E-state index contributed by atoms with van der Waals surface area (Å²) in [4.78, 5) is 4.89. The number of pyridine rings is 1. The molecule has 0 atom stereocenters. The van der Waals surface area contributed by atoms with Crippen molar-refractivity contribution in [1.29, 1.82) is 0 Å². The summed E-state index contributed by atoms with van der Waals surface area (Å²) in [5.74, 6) is 1.52. The van der Waals surface area contributed by atoms with E-state index in [-0.39, 0.29) is 59.8 Å². The van der Waals surface area contributed by atoms with Gasteiger partial charge >= 0.3 is 0 Å². The van der Waals surface area contributed by atoms with Gasteiger partial charge in [0.25, 0.3) is 6.33 Å². The molecule has 0 unspecified atom stereocenters. The summed E-state index contributed by atoms with van der Waals surface area (Å²) in [6, 6.07) is 42.7. The van der Waals surface area contributed by atoms with Gasteiger partial charge in [-0.2, -0.15) is 18.2 Å². The molecule has 0 aliphatic carbocycles. The summed E-state index contributed by atoms with van der Waals surface area (Å²) in [6.07, 6.45) is 5.33. The molecule has 0 amide bonds. The van der Waals surface area contributed by atoms with Gasteiger partial charge in [-0.1, -0.05) is 180 Å². The minimum atomic E-state index is -0.574. The maximum atomic E-state index is 9.14. The number of hydrogen-bond acceptors (Lipinski definition) is 2.